The SMILES string of the molecule is CCOCCCC(=O)N1CCN(C(=O)c2ccccc2OC)CC1. The average molecular weight is 334 g/mol. The van der Waals surface area contributed by atoms with Gasteiger partial charge in [0.1, 0.15) is 5.75 Å². The molecule has 2 rings (SSSR count). The summed E-state index contributed by atoms with van der Waals surface area (Å²) >= 11 is 0. The molecule has 132 valence electrons. The number of methoxy groups -OCH3 is 1. The second-order valence-electron chi connectivity index (χ2n) is 5.67. The van der Waals surface area contributed by atoms with Crippen LogP contribution >= 0.6 is 0 Å². The molecule has 1 aliphatic rings. The Morgan fingerprint density at radius 1 is 1.08 bits per heavy atom. The highest BCUT2D eigenvalue weighted by molar-refractivity contribution is 5.97. The van der Waals surface area contributed by atoms with Crippen molar-refractivity contribution in [2.24, 2.45) is 0 Å². The third-order valence-corrected chi connectivity index (χ3v) is 4.14. The third-order valence-electron chi connectivity index (χ3n) is 4.14. The average Bonchev–Trinajstić information content (AvgIpc) is 2.64. The largest absolute Gasteiger partial charge is 0.496 e. The van der Waals surface area contributed by atoms with E-state index in [1.54, 1.807) is 24.1 Å². The quantitative estimate of drug-likeness (QED) is 0.714. The standard InChI is InChI=1S/C18H26N2O4/c1-3-24-14-6-9-17(21)19-10-12-20(13-11-19)18(22)15-7-4-5-8-16(15)23-2/h4-5,7-8H,3,6,9-14H2,1-2H3. The zero-order valence-corrected chi connectivity index (χ0v) is 14.5. The zero-order chi connectivity index (χ0) is 17.4. The van der Waals surface area contributed by atoms with Crippen molar-refractivity contribution < 1.29 is 19.1 Å². The number of nitrogens with zero attached hydrogens (tertiary/aromatic N) is 2. The predicted molar refractivity (Wildman–Crippen MR) is 91.2 cm³/mol. The van der Waals surface area contributed by atoms with E-state index in [1.165, 1.54) is 0 Å². The number of rotatable bonds is 7. The van der Waals surface area contributed by atoms with Crippen LogP contribution in [0.2, 0.25) is 0 Å². The minimum absolute atomic E-state index is 0.0455. The fraction of sp³-hybridized carbons (Fsp3) is 0.556. The topological polar surface area (TPSA) is 59.1 Å². The third kappa shape index (κ3) is 4.71. The van der Waals surface area contributed by atoms with Crippen LogP contribution in [0.1, 0.15) is 30.1 Å². The molecule has 0 atom stereocenters. The second-order valence-corrected chi connectivity index (χ2v) is 5.67. The van der Waals surface area contributed by atoms with Crippen LogP contribution in [-0.4, -0.2) is 68.1 Å². The van der Waals surface area contributed by atoms with Crippen molar-refractivity contribution in [2.45, 2.75) is 19.8 Å². The van der Waals surface area contributed by atoms with Gasteiger partial charge in [-0.1, -0.05) is 12.1 Å². The summed E-state index contributed by atoms with van der Waals surface area (Å²) in [4.78, 5) is 28.4. The van der Waals surface area contributed by atoms with E-state index in [1.807, 2.05) is 24.0 Å². The lowest BCUT2D eigenvalue weighted by Gasteiger charge is -2.35. The van der Waals surface area contributed by atoms with E-state index >= 15 is 0 Å². The summed E-state index contributed by atoms with van der Waals surface area (Å²) in [5.74, 6) is 0.673. The van der Waals surface area contributed by atoms with Crippen molar-refractivity contribution >= 4 is 11.8 Å². The van der Waals surface area contributed by atoms with Gasteiger partial charge in [-0.3, -0.25) is 9.59 Å². The van der Waals surface area contributed by atoms with Gasteiger partial charge in [0.15, 0.2) is 0 Å². The van der Waals surface area contributed by atoms with Crippen molar-refractivity contribution in [3.05, 3.63) is 29.8 Å². The second kappa shape index (κ2) is 9.27. The summed E-state index contributed by atoms with van der Waals surface area (Å²) in [6.07, 6.45) is 1.24. The van der Waals surface area contributed by atoms with Crippen molar-refractivity contribution in [3.63, 3.8) is 0 Å². The lowest BCUT2D eigenvalue weighted by atomic mass is 10.1. The number of piperazine rings is 1. The molecule has 0 saturated carbocycles. The van der Waals surface area contributed by atoms with Crippen LogP contribution in [0.15, 0.2) is 24.3 Å². The van der Waals surface area contributed by atoms with E-state index in [-0.39, 0.29) is 11.8 Å². The molecule has 6 nitrogen and oxygen atoms in total. The first-order chi connectivity index (χ1) is 11.7. The molecule has 0 bridgehead atoms. The Morgan fingerprint density at radius 3 is 2.42 bits per heavy atom. The molecular weight excluding hydrogens is 308 g/mol. The molecule has 1 saturated heterocycles. The molecule has 1 heterocycles. The first kappa shape index (κ1) is 18.3. The Kier molecular flexibility index (Phi) is 7.06. The van der Waals surface area contributed by atoms with Crippen LogP contribution in [0.4, 0.5) is 0 Å². The van der Waals surface area contributed by atoms with Crippen LogP contribution in [0, 0.1) is 0 Å². The summed E-state index contributed by atoms with van der Waals surface area (Å²) < 4.78 is 10.5. The number of hydrogen-bond donors (Lipinski definition) is 0. The predicted octanol–water partition coefficient (Wildman–Crippen LogP) is 1.80. The molecule has 0 aromatic heterocycles. The van der Waals surface area contributed by atoms with Gasteiger partial charge < -0.3 is 19.3 Å². The van der Waals surface area contributed by atoms with Crippen LogP contribution in [-0.2, 0) is 9.53 Å². The van der Waals surface area contributed by atoms with Gasteiger partial charge in [-0.05, 0) is 25.5 Å². The lowest BCUT2D eigenvalue weighted by Crippen LogP contribution is -2.50. The Bertz CT molecular complexity index is 554. The minimum Gasteiger partial charge on any atom is -0.496 e. The highest BCUT2D eigenvalue weighted by Crippen LogP contribution is 2.20. The fourth-order valence-corrected chi connectivity index (χ4v) is 2.78. The smallest absolute Gasteiger partial charge is 0.257 e. The van der Waals surface area contributed by atoms with Gasteiger partial charge in [-0.15, -0.1) is 0 Å². The maximum absolute atomic E-state index is 12.6. The lowest BCUT2D eigenvalue weighted by molar-refractivity contribution is -0.133. The summed E-state index contributed by atoms with van der Waals surface area (Å²) in [7, 11) is 1.56. The van der Waals surface area contributed by atoms with Crippen molar-refractivity contribution in [2.75, 3.05) is 46.5 Å². The summed E-state index contributed by atoms with van der Waals surface area (Å²) in [6.45, 7) is 5.50. The van der Waals surface area contributed by atoms with E-state index in [2.05, 4.69) is 0 Å². The number of benzene rings is 1. The van der Waals surface area contributed by atoms with Crippen molar-refractivity contribution in [1.82, 2.24) is 9.80 Å². The molecule has 6 heteroatoms. The first-order valence-corrected chi connectivity index (χ1v) is 8.45. The van der Waals surface area contributed by atoms with E-state index in [0.29, 0.717) is 57.1 Å². The Balaban J connectivity index is 1.84. The molecule has 1 aromatic rings. The summed E-state index contributed by atoms with van der Waals surface area (Å²) in [6, 6.07) is 7.22. The van der Waals surface area contributed by atoms with E-state index in [0.717, 1.165) is 6.42 Å². The normalized spacial score (nSPS) is 14.6. The number of carbonyl (C=O) groups is 2. The zero-order valence-electron chi connectivity index (χ0n) is 14.5. The molecule has 0 aliphatic carbocycles. The van der Waals surface area contributed by atoms with Gasteiger partial charge in [0.05, 0.1) is 12.7 Å². The van der Waals surface area contributed by atoms with Crippen molar-refractivity contribution in [3.8, 4) is 5.75 Å². The van der Waals surface area contributed by atoms with Gasteiger partial charge in [0.2, 0.25) is 5.91 Å². The Labute approximate surface area is 143 Å². The number of para-hydroxylation sites is 1. The van der Waals surface area contributed by atoms with E-state index < -0.39 is 0 Å². The van der Waals surface area contributed by atoms with Crippen LogP contribution < -0.4 is 4.74 Å². The Hall–Kier alpha value is -2.08. The molecule has 1 aliphatic heterocycles. The number of ether oxygens (including phenoxy) is 2. The number of carbonyl (C=O) groups excluding carboxylic acids is 2. The van der Waals surface area contributed by atoms with Gasteiger partial charge in [-0.2, -0.15) is 0 Å². The molecule has 1 aromatic carbocycles. The van der Waals surface area contributed by atoms with Crippen LogP contribution in [0.25, 0.3) is 0 Å². The molecule has 2 amide bonds. The molecule has 1 fully saturated rings. The number of hydrogen-bond acceptors (Lipinski definition) is 4. The maximum atomic E-state index is 12.6. The Morgan fingerprint density at radius 2 is 1.75 bits per heavy atom. The first-order valence-electron chi connectivity index (χ1n) is 8.45. The van der Waals surface area contributed by atoms with E-state index in [9.17, 15) is 9.59 Å². The molecule has 24 heavy (non-hydrogen) atoms. The van der Waals surface area contributed by atoms with Gasteiger partial charge >= 0.3 is 0 Å². The maximum Gasteiger partial charge on any atom is 0.257 e. The highest BCUT2D eigenvalue weighted by atomic mass is 16.5. The van der Waals surface area contributed by atoms with Crippen LogP contribution in [0.5, 0.6) is 5.75 Å². The summed E-state index contributed by atoms with van der Waals surface area (Å²) in [5.41, 5.74) is 0.566. The molecular formula is C18H26N2O4. The minimum atomic E-state index is -0.0455. The van der Waals surface area contributed by atoms with Gasteiger partial charge in [0, 0.05) is 45.8 Å². The monoisotopic (exact) mass is 334 g/mol. The van der Waals surface area contributed by atoms with Gasteiger partial charge in [-0.25, -0.2) is 0 Å². The van der Waals surface area contributed by atoms with Gasteiger partial charge in [0.25, 0.3) is 5.91 Å². The fourth-order valence-electron chi connectivity index (χ4n) is 2.78. The van der Waals surface area contributed by atoms with E-state index in [4.69, 9.17) is 9.47 Å². The number of amides is 2. The molecule has 0 spiro atoms. The molecule has 0 unspecified atom stereocenters. The highest BCUT2D eigenvalue weighted by Gasteiger charge is 2.25. The van der Waals surface area contributed by atoms with Crippen LogP contribution in [0.3, 0.4) is 0 Å². The summed E-state index contributed by atoms with van der Waals surface area (Å²) in [5, 5.41) is 0. The molecule has 0 radical (unpaired) electrons. The molecule has 0 N–H and O–H groups in total. The van der Waals surface area contributed by atoms with Crippen molar-refractivity contribution in [1.29, 1.82) is 0 Å².